The van der Waals surface area contributed by atoms with E-state index in [0.717, 1.165) is 6.42 Å². The second-order valence-electron chi connectivity index (χ2n) is 2.61. The van der Waals surface area contributed by atoms with Gasteiger partial charge in [0.25, 0.3) is 0 Å². The van der Waals surface area contributed by atoms with Crippen molar-refractivity contribution in [2.24, 2.45) is 0 Å². The Morgan fingerprint density at radius 3 is 2.64 bits per heavy atom. The summed E-state index contributed by atoms with van der Waals surface area (Å²) in [5, 5.41) is 0. The maximum absolute atomic E-state index is 10.6. The molecule has 0 amide bonds. The van der Waals surface area contributed by atoms with Crippen LogP contribution in [0.2, 0.25) is 0 Å². The molecule has 0 bridgehead atoms. The summed E-state index contributed by atoms with van der Waals surface area (Å²) in [4.78, 5) is 10.6. The van der Waals surface area contributed by atoms with Crippen LogP contribution in [-0.4, -0.2) is 5.78 Å². The number of hydrogen-bond acceptors (Lipinski definition) is 1. The third-order valence-electron chi connectivity index (χ3n) is 1.55. The number of rotatable bonds is 3. The van der Waals surface area contributed by atoms with Gasteiger partial charge in [-0.1, -0.05) is 24.3 Å². The summed E-state index contributed by atoms with van der Waals surface area (Å²) in [7, 11) is 0. The van der Waals surface area contributed by atoms with E-state index in [1.807, 2.05) is 24.3 Å². The van der Waals surface area contributed by atoms with E-state index in [1.165, 1.54) is 5.56 Å². The van der Waals surface area contributed by atoms with E-state index in [0.29, 0.717) is 6.42 Å². The number of ketones is 1. The summed E-state index contributed by atoms with van der Waals surface area (Å²) in [5.41, 5.74) is 1.21. The number of carbonyl (C=O) groups is 1. The van der Waals surface area contributed by atoms with Crippen molar-refractivity contribution in [3.05, 3.63) is 35.9 Å². The molecule has 1 aromatic carbocycles. The zero-order valence-corrected chi connectivity index (χ0v) is 6.63. The normalized spacial score (nSPS) is 9.55. The van der Waals surface area contributed by atoms with Gasteiger partial charge in [0.15, 0.2) is 0 Å². The molecular formula is C10H11O. The van der Waals surface area contributed by atoms with Gasteiger partial charge in [-0.05, 0) is 25.0 Å². The third-order valence-corrected chi connectivity index (χ3v) is 1.55. The number of aryl methyl sites for hydroxylation is 1. The maximum Gasteiger partial charge on any atom is 0.130 e. The highest BCUT2D eigenvalue weighted by Gasteiger charge is 1.94. The fraction of sp³-hybridized carbons (Fsp3) is 0.300. The van der Waals surface area contributed by atoms with Crippen molar-refractivity contribution >= 4 is 5.78 Å². The van der Waals surface area contributed by atoms with Crippen molar-refractivity contribution in [1.82, 2.24) is 0 Å². The number of benzene rings is 1. The lowest BCUT2D eigenvalue weighted by Gasteiger charge is -1.95. The van der Waals surface area contributed by atoms with Crippen LogP contribution in [0.5, 0.6) is 0 Å². The van der Waals surface area contributed by atoms with E-state index in [4.69, 9.17) is 0 Å². The van der Waals surface area contributed by atoms with Gasteiger partial charge in [0.05, 0.1) is 0 Å². The Labute approximate surface area is 67.1 Å². The fourth-order valence-corrected chi connectivity index (χ4v) is 0.908. The highest BCUT2D eigenvalue weighted by Crippen LogP contribution is 2.01. The SMILES string of the molecule is CC(=O)CCc1cc[c]cc1. The molecule has 0 aliphatic carbocycles. The lowest BCUT2D eigenvalue weighted by atomic mass is 10.1. The van der Waals surface area contributed by atoms with Crippen LogP contribution in [0.15, 0.2) is 24.3 Å². The minimum absolute atomic E-state index is 0.248. The smallest absolute Gasteiger partial charge is 0.130 e. The molecule has 0 N–H and O–H groups in total. The zero-order valence-electron chi connectivity index (χ0n) is 6.63. The van der Waals surface area contributed by atoms with Gasteiger partial charge in [-0.2, -0.15) is 0 Å². The molecule has 1 heteroatoms. The first-order valence-corrected chi connectivity index (χ1v) is 3.73. The van der Waals surface area contributed by atoms with Gasteiger partial charge in [0.2, 0.25) is 0 Å². The Bertz CT molecular complexity index is 226. The summed E-state index contributed by atoms with van der Waals surface area (Å²) in [6.07, 6.45) is 1.49. The van der Waals surface area contributed by atoms with E-state index in [1.54, 1.807) is 6.92 Å². The first-order chi connectivity index (χ1) is 5.29. The van der Waals surface area contributed by atoms with E-state index >= 15 is 0 Å². The standard InChI is InChI=1S/C10H11O/c1-9(11)7-8-10-5-3-2-4-6-10/h3-6H,7-8H2,1H3. The molecule has 11 heavy (non-hydrogen) atoms. The predicted octanol–water partition coefficient (Wildman–Crippen LogP) is 2.01. The zero-order chi connectivity index (χ0) is 8.10. The molecule has 0 saturated carbocycles. The highest BCUT2D eigenvalue weighted by atomic mass is 16.1. The van der Waals surface area contributed by atoms with Crippen LogP contribution in [0.4, 0.5) is 0 Å². The summed E-state index contributed by atoms with van der Waals surface area (Å²) < 4.78 is 0. The molecule has 0 aromatic heterocycles. The molecule has 1 rings (SSSR count). The largest absolute Gasteiger partial charge is 0.300 e. The average Bonchev–Trinajstić information content (AvgIpc) is 2.03. The van der Waals surface area contributed by atoms with Crippen molar-refractivity contribution in [3.63, 3.8) is 0 Å². The van der Waals surface area contributed by atoms with Gasteiger partial charge >= 0.3 is 0 Å². The molecular weight excluding hydrogens is 136 g/mol. The van der Waals surface area contributed by atoms with Gasteiger partial charge in [-0.3, -0.25) is 0 Å². The second kappa shape index (κ2) is 3.91. The van der Waals surface area contributed by atoms with Crippen molar-refractivity contribution < 1.29 is 4.79 Å². The number of carbonyl (C=O) groups excluding carboxylic acids is 1. The van der Waals surface area contributed by atoms with Crippen molar-refractivity contribution in [2.75, 3.05) is 0 Å². The molecule has 1 aromatic rings. The first kappa shape index (κ1) is 7.99. The average molecular weight is 147 g/mol. The monoisotopic (exact) mass is 147 g/mol. The van der Waals surface area contributed by atoms with Crippen LogP contribution >= 0.6 is 0 Å². The van der Waals surface area contributed by atoms with Gasteiger partial charge in [0.1, 0.15) is 5.78 Å². The molecule has 0 saturated heterocycles. The molecule has 1 radical (unpaired) electrons. The van der Waals surface area contributed by atoms with Crippen LogP contribution in [0.1, 0.15) is 18.9 Å². The molecule has 0 atom stereocenters. The third kappa shape index (κ3) is 2.99. The molecule has 0 aliphatic rings. The molecule has 0 unspecified atom stereocenters. The predicted molar refractivity (Wildman–Crippen MR) is 44.3 cm³/mol. The van der Waals surface area contributed by atoms with Gasteiger partial charge in [0, 0.05) is 6.42 Å². The lowest BCUT2D eigenvalue weighted by molar-refractivity contribution is -0.116. The van der Waals surface area contributed by atoms with Crippen molar-refractivity contribution in [1.29, 1.82) is 0 Å². The van der Waals surface area contributed by atoms with Crippen LogP contribution < -0.4 is 0 Å². The van der Waals surface area contributed by atoms with Crippen LogP contribution in [0.3, 0.4) is 0 Å². The Morgan fingerprint density at radius 2 is 2.09 bits per heavy atom. The Kier molecular flexibility index (Phi) is 2.84. The van der Waals surface area contributed by atoms with Crippen LogP contribution in [-0.2, 0) is 11.2 Å². The molecule has 0 heterocycles. The number of hydrogen-bond donors (Lipinski definition) is 0. The molecule has 57 valence electrons. The summed E-state index contributed by atoms with van der Waals surface area (Å²) in [6.45, 7) is 1.62. The Balaban J connectivity index is 2.45. The van der Waals surface area contributed by atoms with E-state index in [9.17, 15) is 4.79 Å². The van der Waals surface area contributed by atoms with Crippen LogP contribution in [0.25, 0.3) is 0 Å². The van der Waals surface area contributed by atoms with E-state index in [-0.39, 0.29) is 5.78 Å². The Hall–Kier alpha value is -1.11. The summed E-state index contributed by atoms with van der Waals surface area (Å²) >= 11 is 0. The topological polar surface area (TPSA) is 17.1 Å². The quantitative estimate of drug-likeness (QED) is 0.639. The van der Waals surface area contributed by atoms with Crippen molar-refractivity contribution in [3.8, 4) is 0 Å². The van der Waals surface area contributed by atoms with Gasteiger partial charge in [-0.15, -0.1) is 0 Å². The fourth-order valence-electron chi connectivity index (χ4n) is 0.908. The van der Waals surface area contributed by atoms with Gasteiger partial charge in [-0.25, -0.2) is 0 Å². The Morgan fingerprint density at radius 1 is 1.45 bits per heavy atom. The highest BCUT2D eigenvalue weighted by molar-refractivity contribution is 5.75. The minimum atomic E-state index is 0.248. The number of Topliss-reactive ketones (excluding diaryl/α,β-unsaturated/α-hetero) is 1. The molecule has 0 spiro atoms. The van der Waals surface area contributed by atoms with Crippen molar-refractivity contribution in [2.45, 2.75) is 19.8 Å². The van der Waals surface area contributed by atoms with E-state index < -0.39 is 0 Å². The molecule has 0 aliphatic heterocycles. The van der Waals surface area contributed by atoms with E-state index in [2.05, 4.69) is 6.07 Å². The van der Waals surface area contributed by atoms with Gasteiger partial charge < -0.3 is 4.79 Å². The second-order valence-corrected chi connectivity index (χ2v) is 2.61. The lowest BCUT2D eigenvalue weighted by Crippen LogP contribution is -1.93. The summed E-state index contributed by atoms with van der Waals surface area (Å²) in [5.74, 6) is 0.248. The summed E-state index contributed by atoms with van der Waals surface area (Å²) in [6, 6.07) is 10.7. The molecule has 1 nitrogen and oxygen atoms in total. The van der Waals surface area contributed by atoms with Crippen LogP contribution in [0, 0.1) is 6.07 Å². The molecule has 0 fully saturated rings. The first-order valence-electron chi connectivity index (χ1n) is 3.73. The maximum atomic E-state index is 10.6. The minimum Gasteiger partial charge on any atom is -0.300 e.